The maximum atomic E-state index is 12.1. The Morgan fingerprint density at radius 1 is 1.38 bits per heavy atom. The van der Waals surface area contributed by atoms with Crippen molar-refractivity contribution >= 4 is 17.9 Å². The van der Waals surface area contributed by atoms with Gasteiger partial charge in [-0.2, -0.15) is 0 Å². The molecule has 0 radical (unpaired) electrons. The van der Waals surface area contributed by atoms with E-state index in [-0.39, 0.29) is 18.4 Å². The Hall–Kier alpha value is -2.35. The van der Waals surface area contributed by atoms with Gasteiger partial charge in [0, 0.05) is 0 Å². The standard InChI is InChI=1S/C13H17N3O5/c1-20-13(19)14-11(17)9-15-4-6-16(7-5-15)12(18)10-3-2-8-21-10/h2-3,8H,4-7,9H2,1H3,(H,14,17,19)/p+1. The molecule has 1 fully saturated rings. The molecule has 1 aliphatic heterocycles. The van der Waals surface area contributed by atoms with Gasteiger partial charge >= 0.3 is 6.09 Å². The van der Waals surface area contributed by atoms with E-state index >= 15 is 0 Å². The predicted octanol–water partition coefficient (Wildman–Crippen LogP) is -1.50. The Morgan fingerprint density at radius 3 is 2.67 bits per heavy atom. The third-order valence-electron chi connectivity index (χ3n) is 3.33. The first-order valence-electron chi connectivity index (χ1n) is 6.64. The van der Waals surface area contributed by atoms with Crippen LogP contribution >= 0.6 is 0 Å². The van der Waals surface area contributed by atoms with Crippen molar-refractivity contribution in [2.45, 2.75) is 0 Å². The van der Waals surface area contributed by atoms with E-state index in [1.165, 1.54) is 13.4 Å². The number of methoxy groups -OCH3 is 1. The molecule has 0 aromatic carbocycles. The number of carbonyl (C=O) groups excluding carboxylic acids is 3. The maximum absolute atomic E-state index is 12.1. The highest BCUT2D eigenvalue weighted by Gasteiger charge is 2.27. The van der Waals surface area contributed by atoms with Gasteiger partial charge in [0.1, 0.15) is 0 Å². The van der Waals surface area contributed by atoms with Gasteiger partial charge in [0.2, 0.25) is 0 Å². The number of imide groups is 1. The highest BCUT2D eigenvalue weighted by molar-refractivity contribution is 5.92. The SMILES string of the molecule is COC(=O)NC(=O)C[NH+]1CCN(C(=O)c2ccco2)CC1. The van der Waals surface area contributed by atoms with Gasteiger partial charge in [-0.15, -0.1) is 0 Å². The molecule has 3 amide bonds. The van der Waals surface area contributed by atoms with Crippen LogP contribution in [0.2, 0.25) is 0 Å². The number of hydrogen-bond acceptors (Lipinski definition) is 5. The summed E-state index contributed by atoms with van der Waals surface area (Å²) in [6.45, 7) is 2.54. The topological polar surface area (TPSA) is 93.3 Å². The first kappa shape index (κ1) is 15.0. The van der Waals surface area contributed by atoms with Crippen molar-refractivity contribution in [3.63, 3.8) is 0 Å². The summed E-state index contributed by atoms with van der Waals surface area (Å²) in [5.74, 6) is -0.206. The summed E-state index contributed by atoms with van der Waals surface area (Å²) in [6.07, 6.45) is 0.706. The molecule has 2 N–H and O–H groups in total. The van der Waals surface area contributed by atoms with Crippen molar-refractivity contribution in [1.29, 1.82) is 0 Å². The molecule has 1 aromatic heterocycles. The van der Waals surface area contributed by atoms with E-state index < -0.39 is 6.09 Å². The van der Waals surface area contributed by atoms with E-state index in [0.717, 1.165) is 4.90 Å². The van der Waals surface area contributed by atoms with Gasteiger partial charge < -0.3 is 19.0 Å². The Morgan fingerprint density at radius 2 is 2.10 bits per heavy atom. The van der Waals surface area contributed by atoms with Crippen molar-refractivity contribution in [2.75, 3.05) is 39.8 Å². The van der Waals surface area contributed by atoms with Crippen LogP contribution in [-0.2, 0) is 9.53 Å². The molecule has 0 unspecified atom stereocenters. The summed E-state index contributed by atoms with van der Waals surface area (Å²) in [4.78, 5) is 37.2. The number of piperazine rings is 1. The van der Waals surface area contributed by atoms with Crippen LogP contribution in [0, 0.1) is 0 Å². The van der Waals surface area contributed by atoms with Gasteiger partial charge in [0.05, 0.1) is 39.6 Å². The summed E-state index contributed by atoms with van der Waals surface area (Å²) in [7, 11) is 1.20. The zero-order chi connectivity index (χ0) is 15.2. The average Bonchev–Trinajstić information content (AvgIpc) is 3.01. The Labute approximate surface area is 121 Å². The van der Waals surface area contributed by atoms with Crippen LogP contribution in [0.25, 0.3) is 0 Å². The number of hydrogen-bond donors (Lipinski definition) is 2. The monoisotopic (exact) mass is 296 g/mol. The minimum atomic E-state index is -0.758. The fraction of sp³-hybridized carbons (Fsp3) is 0.462. The Kier molecular flexibility index (Phi) is 4.94. The number of amides is 3. The number of alkyl carbamates (subject to hydrolysis) is 1. The van der Waals surface area contributed by atoms with Crippen LogP contribution in [0.5, 0.6) is 0 Å². The minimum absolute atomic E-state index is 0.141. The maximum Gasteiger partial charge on any atom is 0.413 e. The number of ether oxygens (including phenoxy) is 1. The summed E-state index contributed by atoms with van der Waals surface area (Å²) < 4.78 is 9.44. The van der Waals surface area contributed by atoms with E-state index in [9.17, 15) is 14.4 Å². The molecule has 8 heteroatoms. The second-order valence-electron chi connectivity index (χ2n) is 4.74. The lowest BCUT2D eigenvalue weighted by atomic mass is 10.3. The van der Waals surface area contributed by atoms with Crippen LogP contribution in [-0.4, -0.2) is 62.6 Å². The molecule has 8 nitrogen and oxygen atoms in total. The largest absolute Gasteiger partial charge is 0.459 e. The molecule has 114 valence electrons. The molecule has 0 atom stereocenters. The Bertz CT molecular complexity index is 506. The van der Waals surface area contributed by atoms with Gasteiger partial charge in [-0.25, -0.2) is 4.79 Å². The fourth-order valence-corrected chi connectivity index (χ4v) is 2.20. The van der Waals surface area contributed by atoms with Crippen molar-refractivity contribution in [2.24, 2.45) is 0 Å². The highest BCUT2D eigenvalue weighted by atomic mass is 16.5. The highest BCUT2D eigenvalue weighted by Crippen LogP contribution is 2.05. The van der Waals surface area contributed by atoms with E-state index in [1.807, 2.05) is 0 Å². The number of carbonyl (C=O) groups is 3. The lowest BCUT2D eigenvalue weighted by Crippen LogP contribution is -3.15. The smallest absolute Gasteiger partial charge is 0.413 e. The molecule has 2 rings (SSSR count). The fourth-order valence-electron chi connectivity index (χ4n) is 2.20. The van der Waals surface area contributed by atoms with Crippen LogP contribution in [0.15, 0.2) is 22.8 Å². The molecule has 2 heterocycles. The number of quaternary nitrogens is 1. The molecule has 21 heavy (non-hydrogen) atoms. The van der Waals surface area contributed by atoms with Crippen molar-refractivity contribution < 1.29 is 28.4 Å². The third-order valence-corrected chi connectivity index (χ3v) is 3.33. The van der Waals surface area contributed by atoms with E-state index in [4.69, 9.17) is 4.42 Å². The van der Waals surface area contributed by atoms with E-state index in [0.29, 0.717) is 31.9 Å². The predicted molar refractivity (Wildman–Crippen MR) is 70.7 cm³/mol. The molecular weight excluding hydrogens is 278 g/mol. The normalized spacial score (nSPS) is 15.6. The van der Waals surface area contributed by atoms with Gasteiger partial charge in [-0.05, 0) is 12.1 Å². The van der Waals surface area contributed by atoms with Gasteiger partial charge in [-0.1, -0.05) is 0 Å². The lowest BCUT2D eigenvalue weighted by Gasteiger charge is -2.31. The van der Waals surface area contributed by atoms with Gasteiger partial charge in [0.25, 0.3) is 11.8 Å². The molecule has 1 aromatic rings. The lowest BCUT2D eigenvalue weighted by molar-refractivity contribution is -0.895. The number of furan rings is 1. The summed E-state index contributed by atoms with van der Waals surface area (Å²) in [6, 6.07) is 3.30. The summed E-state index contributed by atoms with van der Waals surface area (Å²) in [5.41, 5.74) is 0. The van der Waals surface area contributed by atoms with E-state index in [2.05, 4.69) is 10.1 Å². The number of nitrogens with one attached hydrogen (secondary N) is 2. The van der Waals surface area contributed by atoms with Crippen molar-refractivity contribution in [3.05, 3.63) is 24.2 Å². The van der Waals surface area contributed by atoms with Gasteiger partial charge in [0.15, 0.2) is 12.3 Å². The van der Waals surface area contributed by atoms with Crippen LogP contribution in [0.3, 0.4) is 0 Å². The van der Waals surface area contributed by atoms with Crippen LogP contribution in [0.4, 0.5) is 4.79 Å². The quantitative estimate of drug-likeness (QED) is 0.708. The number of nitrogens with zero attached hydrogens (tertiary/aromatic N) is 1. The first-order chi connectivity index (χ1) is 10.1. The first-order valence-corrected chi connectivity index (χ1v) is 6.64. The van der Waals surface area contributed by atoms with Gasteiger partial charge in [-0.3, -0.25) is 14.9 Å². The minimum Gasteiger partial charge on any atom is -0.459 e. The third kappa shape index (κ3) is 4.06. The zero-order valence-corrected chi connectivity index (χ0v) is 11.8. The van der Waals surface area contributed by atoms with Crippen molar-refractivity contribution in [3.8, 4) is 0 Å². The van der Waals surface area contributed by atoms with Crippen LogP contribution < -0.4 is 10.2 Å². The molecular formula is C13H18N3O5+. The van der Waals surface area contributed by atoms with Crippen LogP contribution in [0.1, 0.15) is 10.6 Å². The molecule has 1 aliphatic rings. The molecule has 0 aliphatic carbocycles. The van der Waals surface area contributed by atoms with Crippen molar-refractivity contribution in [1.82, 2.24) is 10.2 Å². The second-order valence-corrected chi connectivity index (χ2v) is 4.74. The summed E-state index contributed by atoms with van der Waals surface area (Å²) in [5, 5.41) is 2.12. The molecule has 0 saturated carbocycles. The zero-order valence-electron chi connectivity index (χ0n) is 11.8. The average molecular weight is 296 g/mol. The second kappa shape index (κ2) is 6.89. The summed E-state index contributed by atoms with van der Waals surface area (Å²) >= 11 is 0. The van der Waals surface area contributed by atoms with E-state index in [1.54, 1.807) is 17.0 Å². The molecule has 0 bridgehead atoms. The molecule has 0 spiro atoms. The molecule has 1 saturated heterocycles. The number of rotatable bonds is 3. The Balaban J connectivity index is 1.77.